The van der Waals surface area contributed by atoms with E-state index in [4.69, 9.17) is 14.2 Å². The van der Waals surface area contributed by atoms with Crippen molar-refractivity contribution in [2.45, 2.75) is 19.3 Å². The predicted octanol–water partition coefficient (Wildman–Crippen LogP) is 2.61. The minimum Gasteiger partial charge on any atom is -0.493 e. The van der Waals surface area contributed by atoms with Gasteiger partial charge in [0.15, 0.2) is 7.14 Å². The maximum atomic E-state index is 15.4. The Bertz CT molecular complexity index is 965. The smallest absolute Gasteiger partial charge is 0.181 e. The number of aliphatic hydroxyl groups excluding tert-OH is 3. The molecular formula is C27H33O7P. The first-order chi connectivity index (χ1) is 17.2. The van der Waals surface area contributed by atoms with Crippen LogP contribution in [0.2, 0.25) is 0 Å². The normalized spacial score (nSPS) is 11.3. The number of benzene rings is 3. The molecule has 3 aromatic rings. The van der Waals surface area contributed by atoms with Gasteiger partial charge in [-0.15, -0.1) is 0 Å². The Balaban J connectivity index is 2.21. The summed E-state index contributed by atoms with van der Waals surface area (Å²) in [6, 6.07) is 21.5. The zero-order valence-electron chi connectivity index (χ0n) is 19.7. The summed E-state index contributed by atoms with van der Waals surface area (Å²) in [5.74, 6) is 1.37. The zero-order valence-corrected chi connectivity index (χ0v) is 20.6. The molecule has 0 amide bonds. The van der Waals surface area contributed by atoms with Crippen LogP contribution in [0.25, 0.3) is 0 Å². The highest BCUT2D eigenvalue weighted by Crippen LogP contribution is 2.49. The fourth-order valence-electron chi connectivity index (χ4n) is 3.65. The molecule has 0 atom stereocenters. The molecule has 0 aromatic heterocycles. The third-order valence-electron chi connectivity index (χ3n) is 5.29. The lowest BCUT2D eigenvalue weighted by Crippen LogP contribution is -2.29. The summed E-state index contributed by atoms with van der Waals surface area (Å²) in [4.78, 5) is 0. The van der Waals surface area contributed by atoms with Crippen molar-refractivity contribution in [2.75, 3.05) is 39.6 Å². The molecule has 0 unspecified atom stereocenters. The second kappa shape index (κ2) is 13.9. The molecule has 0 aliphatic rings. The highest BCUT2D eigenvalue weighted by Gasteiger charge is 2.37. The largest absolute Gasteiger partial charge is 0.493 e. The van der Waals surface area contributed by atoms with E-state index in [2.05, 4.69) is 0 Å². The van der Waals surface area contributed by atoms with Crippen molar-refractivity contribution in [2.24, 2.45) is 0 Å². The summed E-state index contributed by atoms with van der Waals surface area (Å²) in [6.07, 6.45) is 1.33. The molecule has 0 bridgehead atoms. The maximum absolute atomic E-state index is 15.4. The molecule has 3 N–H and O–H groups in total. The van der Waals surface area contributed by atoms with Crippen LogP contribution in [0.5, 0.6) is 17.2 Å². The lowest BCUT2D eigenvalue weighted by Gasteiger charge is -2.26. The first kappa shape index (κ1) is 26.8. The van der Waals surface area contributed by atoms with Crippen LogP contribution in [-0.4, -0.2) is 55.0 Å². The van der Waals surface area contributed by atoms with Crippen molar-refractivity contribution in [1.29, 1.82) is 0 Å². The van der Waals surface area contributed by atoms with Crippen molar-refractivity contribution in [3.8, 4) is 17.2 Å². The van der Waals surface area contributed by atoms with Gasteiger partial charge in [0.25, 0.3) is 0 Å². The molecule has 0 saturated heterocycles. The van der Waals surface area contributed by atoms with Gasteiger partial charge in [-0.3, -0.25) is 0 Å². The maximum Gasteiger partial charge on any atom is 0.181 e. The van der Waals surface area contributed by atoms with Gasteiger partial charge >= 0.3 is 0 Å². The molecule has 0 spiro atoms. The Labute approximate surface area is 206 Å². The van der Waals surface area contributed by atoms with Crippen LogP contribution in [0.3, 0.4) is 0 Å². The van der Waals surface area contributed by atoms with E-state index in [0.29, 0.717) is 52.4 Å². The molecule has 3 aromatic carbocycles. The Morgan fingerprint density at radius 1 is 0.514 bits per heavy atom. The van der Waals surface area contributed by atoms with Gasteiger partial charge in [0, 0.05) is 39.1 Å². The molecule has 0 heterocycles. The molecule has 8 heteroatoms. The Hall–Kier alpha value is -2.83. The summed E-state index contributed by atoms with van der Waals surface area (Å²) in [5.41, 5.74) is 0. The van der Waals surface area contributed by atoms with Crippen LogP contribution in [0.4, 0.5) is 0 Å². The molecule has 3 rings (SSSR count). The number of hydrogen-bond donors (Lipinski definition) is 3. The number of aliphatic hydroxyl groups is 3. The summed E-state index contributed by atoms with van der Waals surface area (Å²) in [5, 5.41) is 29.1. The van der Waals surface area contributed by atoms with Crippen molar-refractivity contribution >= 4 is 23.1 Å². The van der Waals surface area contributed by atoms with Crippen molar-refractivity contribution in [1.82, 2.24) is 0 Å². The van der Waals surface area contributed by atoms with Crippen molar-refractivity contribution in [3.63, 3.8) is 0 Å². The van der Waals surface area contributed by atoms with Crippen molar-refractivity contribution in [3.05, 3.63) is 72.8 Å². The van der Waals surface area contributed by atoms with Crippen LogP contribution in [0, 0.1) is 0 Å². The minimum absolute atomic E-state index is 0.0110. The van der Waals surface area contributed by atoms with E-state index in [1.807, 2.05) is 36.4 Å². The lowest BCUT2D eigenvalue weighted by atomic mass is 10.3. The van der Waals surface area contributed by atoms with E-state index in [-0.39, 0.29) is 39.6 Å². The Morgan fingerprint density at radius 3 is 1.09 bits per heavy atom. The van der Waals surface area contributed by atoms with E-state index in [1.165, 1.54) is 0 Å². The van der Waals surface area contributed by atoms with Gasteiger partial charge in [-0.2, -0.15) is 0 Å². The lowest BCUT2D eigenvalue weighted by molar-refractivity contribution is 0.234. The van der Waals surface area contributed by atoms with Crippen LogP contribution in [-0.2, 0) is 4.57 Å². The topological polar surface area (TPSA) is 105 Å². The van der Waals surface area contributed by atoms with E-state index in [9.17, 15) is 15.3 Å². The number of rotatable bonds is 15. The summed E-state index contributed by atoms with van der Waals surface area (Å²) >= 11 is 0. The molecule has 7 nitrogen and oxygen atoms in total. The second-order valence-corrected chi connectivity index (χ2v) is 10.5. The van der Waals surface area contributed by atoms with Crippen molar-refractivity contribution < 1.29 is 34.1 Å². The first-order valence-corrected chi connectivity index (χ1v) is 13.5. The molecule has 35 heavy (non-hydrogen) atoms. The Kier molecular flexibility index (Phi) is 10.6. The van der Waals surface area contributed by atoms with Gasteiger partial charge in [-0.05, 0) is 36.4 Å². The SMILES string of the molecule is O=P(c1ccccc1OCCCO)(c1ccccc1OCCCO)c1ccccc1OCCCO. The third-order valence-corrected chi connectivity index (χ3v) is 8.44. The fourth-order valence-corrected chi connectivity index (χ4v) is 6.66. The highest BCUT2D eigenvalue weighted by molar-refractivity contribution is 7.85. The quantitative estimate of drug-likeness (QED) is 0.218. The molecule has 0 aliphatic heterocycles. The second-order valence-electron chi connectivity index (χ2n) is 7.79. The van der Waals surface area contributed by atoms with E-state index >= 15 is 4.57 Å². The van der Waals surface area contributed by atoms with Gasteiger partial charge in [0.05, 0.1) is 35.7 Å². The number of ether oxygens (including phenoxy) is 3. The number of para-hydroxylation sites is 3. The first-order valence-electron chi connectivity index (χ1n) is 11.8. The summed E-state index contributed by atoms with van der Waals surface area (Å²) < 4.78 is 33.3. The predicted molar refractivity (Wildman–Crippen MR) is 137 cm³/mol. The van der Waals surface area contributed by atoms with Crippen LogP contribution < -0.4 is 30.1 Å². The molecule has 0 aliphatic carbocycles. The molecule has 0 saturated carbocycles. The van der Waals surface area contributed by atoms with Crippen LogP contribution in [0.1, 0.15) is 19.3 Å². The molecular weight excluding hydrogens is 467 g/mol. The van der Waals surface area contributed by atoms with Crippen LogP contribution >= 0.6 is 7.14 Å². The van der Waals surface area contributed by atoms with Gasteiger partial charge in [-0.25, -0.2) is 0 Å². The Morgan fingerprint density at radius 2 is 0.800 bits per heavy atom. The summed E-state index contributed by atoms with van der Waals surface area (Å²) in [6.45, 7) is 0.791. The van der Waals surface area contributed by atoms with Crippen LogP contribution in [0.15, 0.2) is 72.8 Å². The summed E-state index contributed by atoms with van der Waals surface area (Å²) in [7, 11) is -3.60. The number of hydrogen-bond acceptors (Lipinski definition) is 7. The van der Waals surface area contributed by atoms with E-state index in [1.54, 1.807) is 36.4 Å². The molecule has 188 valence electrons. The average Bonchev–Trinajstić information content (AvgIpc) is 2.90. The van der Waals surface area contributed by atoms with Gasteiger partial charge < -0.3 is 34.1 Å². The van der Waals surface area contributed by atoms with E-state index < -0.39 is 7.14 Å². The third kappa shape index (κ3) is 6.65. The average molecular weight is 501 g/mol. The van der Waals surface area contributed by atoms with Gasteiger partial charge in [-0.1, -0.05) is 36.4 Å². The molecule has 0 fully saturated rings. The standard InChI is InChI=1S/C27H33O7P/c28-16-7-19-32-22-10-1-4-13-25(22)35(31,26-14-5-2-11-23(26)33-20-8-17-29)27-15-6-3-12-24(27)34-21-9-18-30/h1-6,10-15,28-30H,7-9,16-21H2. The van der Waals surface area contributed by atoms with Gasteiger partial charge in [0.1, 0.15) is 17.2 Å². The zero-order chi connectivity index (χ0) is 24.9. The van der Waals surface area contributed by atoms with E-state index in [0.717, 1.165) is 0 Å². The highest BCUT2D eigenvalue weighted by atomic mass is 31.2. The van der Waals surface area contributed by atoms with Gasteiger partial charge in [0.2, 0.25) is 0 Å². The fraction of sp³-hybridized carbons (Fsp3) is 0.333. The molecule has 0 radical (unpaired) electrons. The monoisotopic (exact) mass is 500 g/mol. The minimum atomic E-state index is -3.60.